The van der Waals surface area contributed by atoms with Gasteiger partial charge in [0, 0.05) is 43.9 Å². The van der Waals surface area contributed by atoms with E-state index in [0.717, 1.165) is 24.5 Å². The highest BCUT2D eigenvalue weighted by Crippen LogP contribution is 2.42. The summed E-state index contributed by atoms with van der Waals surface area (Å²) in [6.45, 7) is 4.07. The molecule has 1 aromatic carbocycles. The molecule has 1 N–H and O–H groups in total. The van der Waals surface area contributed by atoms with Crippen LogP contribution in [-0.4, -0.2) is 54.0 Å². The minimum Gasteiger partial charge on any atom is -0.428 e. The third kappa shape index (κ3) is 3.14. The molecule has 3 fully saturated rings. The lowest BCUT2D eigenvalue weighted by Crippen LogP contribution is -2.67. The van der Waals surface area contributed by atoms with E-state index in [1.807, 2.05) is 10.3 Å². The molecule has 6 rings (SSSR count). The van der Waals surface area contributed by atoms with Gasteiger partial charge in [-0.15, -0.1) is 11.3 Å². The second kappa shape index (κ2) is 6.86. The fourth-order valence-corrected chi connectivity index (χ4v) is 4.42. The lowest BCUT2D eigenvalue weighted by atomic mass is 9.92. The van der Waals surface area contributed by atoms with Crippen LogP contribution in [0.25, 0.3) is 21.7 Å². The number of ether oxygens (including phenoxy) is 2. The summed E-state index contributed by atoms with van der Waals surface area (Å²) in [4.78, 5) is 10.9. The Labute approximate surface area is 176 Å². The lowest BCUT2D eigenvalue weighted by Gasteiger charge is -2.47. The smallest absolute Gasteiger partial charge is 0.427 e. The Bertz CT molecular complexity index is 1050. The Kier molecular flexibility index (Phi) is 4.49. The molecule has 3 aromatic rings. The molecular weight excluding hydrogens is 414 g/mol. The van der Waals surface area contributed by atoms with E-state index >= 15 is 0 Å². The van der Waals surface area contributed by atoms with Gasteiger partial charge in [-0.25, -0.2) is 4.98 Å². The second-order valence-corrected chi connectivity index (χ2v) is 9.05. The van der Waals surface area contributed by atoms with Crippen LogP contribution in [0.4, 0.5) is 14.8 Å². The lowest BCUT2D eigenvalue weighted by molar-refractivity contribution is -0.283. The molecule has 2 bridgehead atoms. The van der Waals surface area contributed by atoms with Crippen molar-refractivity contribution in [3.63, 3.8) is 0 Å². The molecule has 2 atom stereocenters. The molecule has 0 aliphatic carbocycles. The van der Waals surface area contributed by atoms with Gasteiger partial charge in [0.2, 0.25) is 0 Å². The third-order valence-electron chi connectivity index (χ3n) is 5.80. The molecule has 2 unspecified atom stereocenters. The molecule has 3 saturated heterocycles. The number of piperidine rings is 1. The zero-order chi connectivity index (χ0) is 21.1. The number of hydrogen-bond donors (Lipinski definition) is 1. The Balaban J connectivity index is 1.58. The van der Waals surface area contributed by atoms with Crippen LogP contribution in [0.3, 0.4) is 0 Å². The molecular formula is C20H22F2N4O3S. The molecule has 30 heavy (non-hydrogen) atoms. The van der Waals surface area contributed by atoms with Crippen LogP contribution in [0.1, 0.15) is 20.3 Å². The normalized spacial score (nSPS) is 21.7. The van der Waals surface area contributed by atoms with Gasteiger partial charge in [-0.05, 0) is 32.4 Å². The van der Waals surface area contributed by atoms with Crippen molar-refractivity contribution in [2.75, 3.05) is 25.1 Å². The fraction of sp³-hybridized carbons (Fsp3) is 0.500. The van der Waals surface area contributed by atoms with Crippen molar-refractivity contribution >= 4 is 28.5 Å². The number of oxazole rings is 1. The average molecular weight is 436 g/mol. The monoisotopic (exact) mass is 436 g/mol. The van der Waals surface area contributed by atoms with Gasteiger partial charge in [0.25, 0.3) is 6.01 Å². The summed E-state index contributed by atoms with van der Waals surface area (Å²) in [5, 5.41) is 6.03. The van der Waals surface area contributed by atoms with Gasteiger partial charge in [0.15, 0.2) is 22.5 Å². The zero-order valence-corrected chi connectivity index (χ0v) is 17.6. The number of hydrogen-bond acceptors (Lipinski definition) is 8. The first-order valence-corrected chi connectivity index (χ1v) is 10.6. The van der Waals surface area contributed by atoms with Gasteiger partial charge >= 0.3 is 6.11 Å². The Morgan fingerprint density at radius 2 is 2.00 bits per heavy atom. The standard InChI is InChI=1S/C20H22F2N4O3S/c1-19(2,27-3)20(21,22)29-14-5-4-13(17-23-6-7-30-17)16-15(14)25-18(28-16)26-9-11-8-12(10-26)24-11/h4-7,11-12,24H,8-10H2,1-3H3. The van der Waals surface area contributed by atoms with Crippen molar-refractivity contribution in [1.82, 2.24) is 15.3 Å². The van der Waals surface area contributed by atoms with Crippen LogP contribution >= 0.6 is 11.3 Å². The summed E-state index contributed by atoms with van der Waals surface area (Å²) in [6, 6.07) is 4.38. The van der Waals surface area contributed by atoms with E-state index < -0.39 is 11.7 Å². The molecule has 160 valence electrons. The Morgan fingerprint density at radius 1 is 1.27 bits per heavy atom. The number of rotatable bonds is 6. The number of aromatic nitrogens is 2. The van der Waals surface area contributed by atoms with E-state index in [1.54, 1.807) is 12.3 Å². The summed E-state index contributed by atoms with van der Waals surface area (Å²) >= 11 is 1.44. The molecule has 5 heterocycles. The number of halogens is 2. The topological polar surface area (TPSA) is 72.7 Å². The van der Waals surface area contributed by atoms with E-state index in [2.05, 4.69) is 15.3 Å². The molecule has 0 amide bonds. The quantitative estimate of drug-likeness (QED) is 0.628. The van der Waals surface area contributed by atoms with Crippen molar-refractivity contribution in [2.24, 2.45) is 0 Å². The number of fused-ring (bicyclic) bond motifs is 3. The molecule has 7 nitrogen and oxygen atoms in total. The number of methoxy groups -OCH3 is 1. The number of thiazole rings is 1. The maximum Gasteiger partial charge on any atom is 0.427 e. The van der Waals surface area contributed by atoms with Gasteiger partial charge in [0.05, 0.1) is 5.56 Å². The van der Waals surface area contributed by atoms with Gasteiger partial charge in [-0.3, -0.25) is 0 Å². The van der Waals surface area contributed by atoms with Gasteiger partial charge in [-0.2, -0.15) is 13.8 Å². The zero-order valence-electron chi connectivity index (χ0n) is 16.8. The summed E-state index contributed by atoms with van der Waals surface area (Å²) in [5.41, 5.74) is -0.493. The van der Waals surface area contributed by atoms with E-state index in [1.165, 1.54) is 38.4 Å². The van der Waals surface area contributed by atoms with Crippen molar-refractivity contribution in [3.05, 3.63) is 23.7 Å². The number of piperazine rings is 1. The van der Waals surface area contributed by atoms with Crippen molar-refractivity contribution in [2.45, 2.75) is 44.1 Å². The van der Waals surface area contributed by atoms with E-state index in [0.29, 0.717) is 29.2 Å². The number of anilines is 1. The molecule has 3 aliphatic rings. The SMILES string of the molecule is COC(C)(C)C(F)(F)Oc1ccc(-c2nccs2)c2oc(N3CC4CC(C3)N4)nc12. The van der Waals surface area contributed by atoms with Gasteiger partial charge in [-0.1, -0.05) is 0 Å². The highest BCUT2D eigenvalue weighted by atomic mass is 32.1. The summed E-state index contributed by atoms with van der Waals surface area (Å²) in [7, 11) is 1.22. The minimum absolute atomic E-state index is 0.0595. The van der Waals surface area contributed by atoms with Crippen LogP contribution in [0.5, 0.6) is 5.75 Å². The van der Waals surface area contributed by atoms with E-state index in [9.17, 15) is 8.78 Å². The first kappa shape index (κ1) is 19.7. The molecule has 10 heteroatoms. The van der Waals surface area contributed by atoms with Crippen molar-refractivity contribution in [3.8, 4) is 16.3 Å². The molecule has 0 saturated carbocycles. The van der Waals surface area contributed by atoms with Crippen molar-refractivity contribution < 1.29 is 22.7 Å². The van der Waals surface area contributed by atoms with Crippen LogP contribution in [-0.2, 0) is 4.74 Å². The summed E-state index contributed by atoms with van der Waals surface area (Å²) in [6.07, 6.45) is -0.756. The van der Waals surface area contributed by atoms with Crippen LogP contribution in [0.15, 0.2) is 28.1 Å². The maximum atomic E-state index is 14.8. The average Bonchev–Trinajstić information content (AvgIpc) is 3.38. The fourth-order valence-electron chi connectivity index (χ4n) is 3.76. The predicted octanol–water partition coefficient (Wildman–Crippen LogP) is 3.90. The maximum absolute atomic E-state index is 14.8. The first-order chi connectivity index (χ1) is 14.3. The predicted molar refractivity (Wildman–Crippen MR) is 109 cm³/mol. The summed E-state index contributed by atoms with van der Waals surface area (Å²) in [5.74, 6) is -0.0595. The van der Waals surface area contributed by atoms with Crippen molar-refractivity contribution in [1.29, 1.82) is 0 Å². The Morgan fingerprint density at radius 3 is 2.63 bits per heavy atom. The van der Waals surface area contributed by atoms with E-state index in [4.69, 9.17) is 13.9 Å². The van der Waals surface area contributed by atoms with Crippen LogP contribution < -0.4 is 15.0 Å². The van der Waals surface area contributed by atoms with Gasteiger partial charge < -0.3 is 24.1 Å². The van der Waals surface area contributed by atoms with Crippen LogP contribution in [0.2, 0.25) is 0 Å². The highest BCUT2D eigenvalue weighted by Gasteiger charge is 2.51. The first-order valence-electron chi connectivity index (χ1n) is 9.74. The molecule has 3 aliphatic heterocycles. The second-order valence-electron chi connectivity index (χ2n) is 8.16. The number of nitrogens with zero attached hydrogens (tertiary/aromatic N) is 3. The van der Waals surface area contributed by atoms with E-state index in [-0.39, 0.29) is 11.3 Å². The third-order valence-corrected chi connectivity index (χ3v) is 6.61. The molecule has 2 aromatic heterocycles. The Hall–Kier alpha value is -2.30. The number of alkyl halides is 2. The van der Waals surface area contributed by atoms with Gasteiger partial charge in [0.1, 0.15) is 5.01 Å². The number of benzene rings is 1. The largest absolute Gasteiger partial charge is 0.428 e. The molecule has 0 radical (unpaired) electrons. The highest BCUT2D eigenvalue weighted by molar-refractivity contribution is 7.13. The number of nitrogens with one attached hydrogen (secondary N) is 1. The molecule has 0 spiro atoms. The summed E-state index contributed by atoms with van der Waals surface area (Å²) < 4.78 is 45.7. The minimum atomic E-state index is -3.58. The van der Waals surface area contributed by atoms with Crippen LogP contribution in [0, 0.1) is 0 Å².